The number of anilines is 1. The van der Waals surface area contributed by atoms with Crippen LogP contribution in [0.4, 0.5) is 10.5 Å². The van der Waals surface area contributed by atoms with Crippen molar-refractivity contribution in [3.63, 3.8) is 0 Å². The number of carbonyl (C=O) groups excluding carboxylic acids is 1. The van der Waals surface area contributed by atoms with E-state index >= 15 is 0 Å². The number of para-hydroxylation sites is 1. The molecule has 0 unspecified atom stereocenters. The maximum Gasteiger partial charge on any atom is 0.322 e. The lowest BCUT2D eigenvalue weighted by Crippen LogP contribution is -2.34. The zero-order valence-electron chi connectivity index (χ0n) is 15.1. The highest BCUT2D eigenvalue weighted by Crippen LogP contribution is 2.40. The molecule has 27 heavy (non-hydrogen) atoms. The van der Waals surface area contributed by atoms with Gasteiger partial charge >= 0.3 is 6.03 Å². The third-order valence-corrected chi connectivity index (χ3v) is 4.97. The average molecular weight is 385 g/mol. The number of aryl methyl sites for hydroxylation is 1. The van der Waals surface area contributed by atoms with Gasteiger partial charge in [0.15, 0.2) is 0 Å². The van der Waals surface area contributed by atoms with Crippen LogP contribution in [0.25, 0.3) is 0 Å². The maximum atomic E-state index is 12.9. The number of amides is 2. The van der Waals surface area contributed by atoms with Crippen LogP contribution in [0.3, 0.4) is 0 Å². The summed E-state index contributed by atoms with van der Waals surface area (Å²) in [5.41, 5.74) is 2.67. The number of aromatic nitrogens is 2. The largest absolute Gasteiger partial charge is 0.467 e. The van der Waals surface area contributed by atoms with Crippen molar-refractivity contribution in [3.8, 4) is 0 Å². The van der Waals surface area contributed by atoms with Gasteiger partial charge in [-0.05, 0) is 43.2 Å². The summed E-state index contributed by atoms with van der Waals surface area (Å²) in [7, 11) is 1.96. The Morgan fingerprint density at radius 2 is 2.11 bits per heavy atom. The first kappa shape index (κ1) is 17.7. The monoisotopic (exact) mass is 384 g/mol. The topological polar surface area (TPSA) is 63.3 Å². The van der Waals surface area contributed by atoms with Crippen molar-refractivity contribution < 1.29 is 9.21 Å². The lowest BCUT2D eigenvalue weighted by Gasteiger charge is -2.21. The van der Waals surface area contributed by atoms with E-state index in [1.54, 1.807) is 23.3 Å². The molecular weight excluding hydrogens is 364 g/mol. The van der Waals surface area contributed by atoms with E-state index in [2.05, 4.69) is 16.5 Å². The van der Waals surface area contributed by atoms with Crippen LogP contribution in [0.1, 0.15) is 35.9 Å². The van der Waals surface area contributed by atoms with Gasteiger partial charge in [0.25, 0.3) is 0 Å². The van der Waals surface area contributed by atoms with Gasteiger partial charge in [0.05, 0.1) is 35.8 Å². The summed E-state index contributed by atoms with van der Waals surface area (Å²) >= 11 is 6.17. The van der Waals surface area contributed by atoms with Crippen molar-refractivity contribution in [2.75, 3.05) is 5.32 Å². The van der Waals surface area contributed by atoms with E-state index in [0.717, 1.165) is 5.69 Å². The number of hydrogen-bond acceptors (Lipinski definition) is 3. The minimum absolute atomic E-state index is 0.252. The van der Waals surface area contributed by atoms with Gasteiger partial charge in [-0.15, -0.1) is 0 Å². The van der Waals surface area contributed by atoms with Gasteiger partial charge in [0, 0.05) is 18.7 Å². The SMILES string of the molecule is Cn1nc(CN(Cc2ccco2)C(=O)Nc2ccccc2Cl)cc1C1CC1. The van der Waals surface area contributed by atoms with Crippen LogP contribution in [0.15, 0.2) is 53.1 Å². The number of benzene rings is 1. The van der Waals surface area contributed by atoms with Crippen molar-refractivity contribution in [2.24, 2.45) is 7.05 Å². The standard InChI is InChI=1S/C20H21ClN4O2/c1-24-19(14-8-9-14)11-15(23-24)12-25(13-16-5-4-10-27-16)20(26)22-18-7-3-2-6-17(18)21/h2-7,10-11,14H,8-9,12-13H2,1H3,(H,22,26). The van der Waals surface area contributed by atoms with Gasteiger partial charge in [0.2, 0.25) is 0 Å². The fraction of sp³-hybridized carbons (Fsp3) is 0.300. The molecule has 0 spiro atoms. The minimum atomic E-state index is -0.252. The van der Waals surface area contributed by atoms with Crippen molar-refractivity contribution >= 4 is 23.3 Å². The van der Waals surface area contributed by atoms with E-state index in [4.69, 9.17) is 16.0 Å². The van der Waals surface area contributed by atoms with E-state index in [1.807, 2.05) is 36.0 Å². The maximum absolute atomic E-state index is 12.9. The zero-order valence-corrected chi connectivity index (χ0v) is 15.8. The summed E-state index contributed by atoms with van der Waals surface area (Å²) < 4.78 is 7.35. The second-order valence-electron chi connectivity index (χ2n) is 6.80. The lowest BCUT2D eigenvalue weighted by atomic mass is 10.2. The Kier molecular flexibility index (Phi) is 4.90. The summed E-state index contributed by atoms with van der Waals surface area (Å²) in [4.78, 5) is 14.6. The van der Waals surface area contributed by atoms with Gasteiger partial charge < -0.3 is 14.6 Å². The first-order valence-electron chi connectivity index (χ1n) is 8.96. The number of carbonyl (C=O) groups is 1. The Morgan fingerprint density at radius 1 is 1.30 bits per heavy atom. The fourth-order valence-corrected chi connectivity index (χ4v) is 3.31. The van der Waals surface area contributed by atoms with Crippen LogP contribution >= 0.6 is 11.6 Å². The summed E-state index contributed by atoms with van der Waals surface area (Å²) in [6.07, 6.45) is 4.02. The van der Waals surface area contributed by atoms with E-state index in [0.29, 0.717) is 35.5 Å². The Morgan fingerprint density at radius 3 is 2.81 bits per heavy atom. The van der Waals surface area contributed by atoms with Crippen LogP contribution < -0.4 is 5.32 Å². The second-order valence-corrected chi connectivity index (χ2v) is 7.21. The molecule has 1 aliphatic carbocycles. The van der Waals surface area contributed by atoms with E-state index in [-0.39, 0.29) is 6.03 Å². The molecule has 2 amide bonds. The van der Waals surface area contributed by atoms with Crippen LogP contribution in [-0.4, -0.2) is 20.7 Å². The number of furan rings is 1. The molecule has 0 aliphatic heterocycles. The summed E-state index contributed by atoms with van der Waals surface area (Å²) in [5, 5.41) is 7.96. The molecule has 0 bridgehead atoms. The van der Waals surface area contributed by atoms with E-state index < -0.39 is 0 Å². The van der Waals surface area contributed by atoms with Crippen molar-refractivity contribution in [3.05, 3.63) is 70.9 Å². The Balaban J connectivity index is 1.53. The van der Waals surface area contributed by atoms with Gasteiger partial charge in [-0.1, -0.05) is 23.7 Å². The van der Waals surface area contributed by atoms with Crippen molar-refractivity contribution in [2.45, 2.75) is 31.8 Å². The molecule has 6 nitrogen and oxygen atoms in total. The predicted octanol–water partition coefficient (Wildman–Crippen LogP) is 4.78. The lowest BCUT2D eigenvalue weighted by molar-refractivity contribution is 0.200. The van der Waals surface area contributed by atoms with Gasteiger partial charge in [-0.3, -0.25) is 4.68 Å². The number of rotatable bonds is 6. The molecule has 1 fully saturated rings. The Hall–Kier alpha value is -2.73. The molecule has 7 heteroatoms. The van der Waals surface area contributed by atoms with Crippen molar-refractivity contribution in [1.29, 1.82) is 0 Å². The first-order valence-corrected chi connectivity index (χ1v) is 9.33. The molecule has 140 valence electrons. The van der Waals surface area contributed by atoms with Crippen molar-refractivity contribution in [1.82, 2.24) is 14.7 Å². The second kappa shape index (κ2) is 7.48. The number of nitrogens with one attached hydrogen (secondary N) is 1. The Bertz CT molecular complexity index is 931. The van der Waals surface area contributed by atoms with Crippen LogP contribution in [0.5, 0.6) is 0 Å². The highest BCUT2D eigenvalue weighted by molar-refractivity contribution is 6.33. The number of hydrogen-bond donors (Lipinski definition) is 1. The zero-order chi connectivity index (χ0) is 18.8. The molecule has 1 saturated carbocycles. The number of nitrogens with zero attached hydrogens (tertiary/aromatic N) is 3. The molecule has 2 aromatic heterocycles. The smallest absolute Gasteiger partial charge is 0.322 e. The normalized spacial score (nSPS) is 13.6. The van der Waals surface area contributed by atoms with Gasteiger partial charge in [-0.25, -0.2) is 4.79 Å². The highest BCUT2D eigenvalue weighted by atomic mass is 35.5. The molecule has 3 aromatic rings. The molecule has 1 aliphatic rings. The fourth-order valence-electron chi connectivity index (χ4n) is 3.12. The highest BCUT2D eigenvalue weighted by Gasteiger charge is 2.28. The quantitative estimate of drug-likeness (QED) is 0.665. The molecule has 0 saturated heterocycles. The molecule has 1 aromatic carbocycles. The van der Waals surface area contributed by atoms with Crippen LogP contribution in [-0.2, 0) is 20.1 Å². The molecule has 1 N–H and O–H groups in total. The molecule has 0 radical (unpaired) electrons. The van der Waals surface area contributed by atoms with Gasteiger partial charge in [-0.2, -0.15) is 5.10 Å². The Labute approximate surface area is 162 Å². The summed E-state index contributed by atoms with van der Waals surface area (Å²) in [5.74, 6) is 1.31. The predicted molar refractivity (Wildman–Crippen MR) is 104 cm³/mol. The molecule has 4 rings (SSSR count). The van der Waals surface area contributed by atoms with Gasteiger partial charge in [0.1, 0.15) is 5.76 Å². The molecule has 2 heterocycles. The van der Waals surface area contributed by atoms with Crippen LogP contribution in [0.2, 0.25) is 5.02 Å². The third-order valence-electron chi connectivity index (χ3n) is 4.64. The average Bonchev–Trinajstić information content (AvgIpc) is 3.23. The number of halogens is 1. The number of urea groups is 1. The van der Waals surface area contributed by atoms with E-state index in [9.17, 15) is 4.79 Å². The minimum Gasteiger partial charge on any atom is -0.467 e. The molecule has 0 atom stereocenters. The first-order chi connectivity index (χ1) is 13.1. The van der Waals surface area contributed by atoms with E-state index in [1.165, 1.54) is 18.5 Å². The summed E-state index contributed by atoms with van der Waals surface area (Å²) in [6.45, 7) is 0.732. The third kappa shape index (κ3) is 4.17. The molecular formula is C20H21ClN4O2. The summed E-state index contributed by atoms with van der Waals surface area (Å²) in [6, 6.07) is 12.7. The van der Waals surface area contributed by atoms with Crippen LogP contribution in [0, 0.1) is 0 Å².